The van der Waals surface area contributed by atoms with Crippen molar-refractivity contribution in [2.45, 2.75) is 26.3 Å². The molecule has 0 aliphatic carbocycles. The molecule has 0 bridgehead atoms. The molecule has 0 unspecified atom stereocenters. The Hall–Kier alpha value is -1.84. The Morgan fingerprint density at radius 3 is 2.62 bits per heavy atom. The Labute approximate surface area is 172 Å². The number of piperazine rings is 1. The lowest BCUT2D eigenvalue weighted by atomic mass is 9.97. The molecule has 0 N–H and O–H groups in total. The third-order valence-corrected chi connectivity index (χ3v) is 7.87. The average molecular weight is 424 g/mol. The molecule has 0 aromatic heterocycles. The first-order valence-corrected chi connectivity index (χ1v) is 11.9. The molecule has 1 aromatic rings. The van der Waals surface area contributed by atoms with Gasteiger partial charge in [-0.25, -0.2) is 12.7 Å². The summed E-state index contributed by atoms with van der Waals surface area (Å²) in [5, 5.41) is 0. The lowest BCUT2D eigenvalue weighted by Gasteiger charge is -2.38. The average Bonchev–Trinajstić information content (AvgIpc) is 3.22. The van der Waals surface area contributed by atoms with Crippen LogP contribution in [-0.2, 0) is 21.4 Å². The van der Waals surface area contributed by atoms with Crippen molar-refractivity contribution in [2.24, 2.45) is 5.92 Å². The zero-order chi connectivity index (χ0) is 20.4. The standard InChI is InChI=1S/C20H29N3O5S/c1-2-29(25,26)23-7-3-4-17(14-23)20(24)22-10-8-21(9-11-22)13-16-5-6-18-19(12-16)28-15-27-18/h5-6,12,17H,2-4,7-11,13-15H2,1H3/t17-/m1/s1. The number of rotatable bonds is 5. The Bertz CT molecular complexity index is 852. The third kappa shape index (κ3) is 4.51. The number of carbonyl (C=O) groups excluding carboxylic acids is 1. The first-order valence-electron chi connectivity index (χ1n) is 10.3. The number of hydrogen-bond acceptors (Lipinski definition) is 6. The zero-order valence-corrected chi connectivity index (χ0v) is 17.7. The molecule has 2 saturated heterocycles. The highest BCUT2D eigenvalue weighted by atomic mass is 32.2. The van der Waals surface area contributed by atoms with E-state index in [-0.39, 0.29) is 24.4 Å². The summed E-state index contributed by atoms with van der Waals surface area (Å²) in [6.07, 6.45) is 1.52. The van der Waals surface area contributed by atoms with Crippen molar-refractivity contribution in [1.82, 2.24) is 14.1 Å². The number of fused-ring (bicyclic) bond motifs is 1. The number of hydrogen-bond donors (Lipinski definition) is 0. The number of benzene rings is 1. The number of amides is 1. The number of ether oxygens (including phenoxy) is 2. The summed E-state index contributed by atoms with van der Waals surface area (Å²) in [4.78, 5) is 17.2. The largest absolute Gasteiger partial charge is 0.454 e. The Balaban J connectivity index is 1.29. The molecule has 8 nitrogen and oxygen atoms in total. The van der Waals surface area contributed by atoms with Crippen molar-refractivity contribution in [1.29, 1.82) is 0 Å². The van der Waals surface area contributed by atoms with Gasteiger partial charge >= 0.3 is 0 Å². The Morgan fingerprint density at radius 2 is 1.86 bits per heavy atom. The van der Waals surface area contributed by atoms with Gasteiger partial charge in [0.25, 0.3) is 0 Å². The van der Waals surface area contributed by atoms with E-state index < -0.39 is 10.0 Å². The summed E-state index contributed by atoms with van der Waals surface area (Å²) < 4.78 is 36.6. The molecule has 160 valence electrons. The maximum absolute atomic E-state index is 13.0. The SMILES string of the molecule is CCS(=O)(=O)N1CCC[C@@H](C(=O)N2CCN(Cc3ccc4c(c3)OCO4)CC2)C1. The molecule has 2 fully saturated rings. The lowest BCUT2D eigenvalue weighted by Crippen LogP contribution is -2.52. The van der Waals surface area contributed by atoms with Crippen LogP contribution in [0.15, 0.2) is 18.2 Å². The molecule has 29 heavy (non-hydrogen) atoms. The molecule has 3 aliphatic heterocycles. The lowest BCUT2D eigenvalue weighted by molar-refractivity contribution is -0.138. The number of nitrogens with zero attached hydrogens (tertiary/aromatic N) is 3. The van der Waals surface area contributed by atoms with Gasteiger partial charge in [-0.2, -0.15) is 0 Å². The molecule has 3 heterocycles. The Morgan fingerprint density at radius 1 is 1.10 bits per heavy atom. The van der Waals surface area contributed by atoms with Gasteiger partial charge in [0.15, 0.2) is 11.5 Å². The minimum absolute atomic E-state index is 0.0897. The fraction of sp³-hybridized carbons (Fsp3) is 0.650. The number of carbonyl (C=O) groups is 1. The van der Waals surface area contributed by atoms with Crippen LogP contribution in [0.4, 0.5) is 0 Å². The zero-order valence-electron chi connectivity index (χ0n) is 16.9. The maximum atomic E-state index is 13.0. The number of piperidine rings is 1. The predicted molar refractivity (Wildman–Crippen MR) is 108 cm³/mol. The second-order valence-electron chi connectivity index (χ2n) is 7.89. The van der Waals surface area contributed by atoms with Gasteiger partial charge in [0.05, 0.1) is 11.7 Å². The van der Waals surface area contributed by atoms with E-state index in [4.69, 9.17) is 9.47 Å². The van der Waals surface area contributed by atoms with E-state index in [0.717, 1.165) is 44.0 Å². The quantitative estimate of drug-likeness (QED) is 0.706. The van der Waals surface area contributed by atoms with Gasteiger partial charge in [-0.3, -0.25) is 9.69 Å². The van der Waals surface area contributed by atoms with Crippen LogP contribution in [-0.4, -0.2) is 80.2 Å². The summed E-state index contributed by atoms with van der Waals surface area (Å²) in [5.41, 5.74) is 1.17. The highest BCUT2D eigenvalue weighted by molar-refractivity contribution is 7.89. The molecular weight excluding hydrogens is 394 g/mol. The summed E-state index contributed by atoms with van der Waals surface area (Å²) in [7, 11) is -3.23. The van der Waals surface area contributed by atoms with Gasteiger partial charge in [0.1, 0.15) is 0 Å². The first kappa shape index (κ1) is 20.4. The van der Waals surface area contributed by atoms with Crippen LogP contribution >= 0.6 is 0 Å². The van der Waals surface area contributed by atoms with Gasteiger partial charge in [-0.15, -0.1) is 0 Å². The molecule has 0 saturated carbocycles. The van der Waals surface area contributed by atoms with E-state index in [1.165, 1.54) is 9.87 Å². The van der Waals surface area contributed by atoms with Crippen molar-refractivity contribution in [3.8, 4) is 11.5 Å². The van der Waals surface area contributed by atoms with Crippen molar-refractivity contribution < 1.29 is 22.7 Å². The molecule has 1 aromatic carbocycles. The topological polar surface area (TPSA) is 79.4 Å². The van der Waals surface area contributed by atoms with Gasteiger partial charge in [-0.1, -0.05) is 6.07 Å². The van der Waals surface area contributed by atoms with Crippen LogP contribution in [0.3, 0.4) is 0 Å². The molecule has 1 amide bonds. The minimum Gasteiger partial charge on any atom is -0.454 e. The molecule has 4 rings (SSSR count). The van der Waals surface area contributed by atoms with E-state index in [2.05, 4.69) is 11.0 Å². The normalized spacial score (nSPS) is 23.3. The second kappa shape index (κ2) is 8.49. The van der Waals surface area contributed by atoms with E-state index in [0.29, 0.717) is 26.2 Å². The van der Waals surface area contributed by atoms with Crippen molar-refractivity contribution in [2.75, 3.05) is 51.8 Å². The molecule has 0 radical (unpaired) electrons. The summed E-state index contributed by atoms with van der Waals surface area (Å²) in [6.45, 7) is 6.58. The van der Waals surface area contributed by atoms with Crippen LogP contribution in [0, 0.1) is 5.92 Å². The van der Waals surface area contributed by atoms with Gasteiger partial charge in [0, 0.05) is 45.8 Å². The van der Waals surface area contributed by atoms with Crippen molar-refractivity contribution in [3.63, 3.8) is 0 Å². The molecule has 1 atom stereocenters. The van der Waals surface area contributed by atoms with E-state index in [1.54, 1.807) is 6.92 Å². The Kier molecular flexibility index (Phi) is 5.98. The van der Waals surface area contributed by atoms with Crippen LogP contribution in [0.25, 0.3) is 0 Å². The molecule has 0 spiro atoms. The number of sulfonamides is 1. The third-order valence-electron chi connectivity index (χ3n) is 6.02. The monoisotopic (exact) mass is 423 g/mol. The smallest absolute Gasteiger partial charge is 0.231 e. The van der Waals surface area contributed by atoms with Gasteiger partial charge in [-0.05, 0) is 37.5 Å². The van der Waals surface area contributed by atoms with Crippen LogP contribution in [0.1, 0.15) is 25.3 Å². The van der Waals surface area contributed by atoms with E-state index >= 15 is 0 Å². The molecule has 3 aliphatic rings. The summed E-state index contributed by atoms with van der Waals surface area (Å²) in [5.74, 6) is 1.55. The molecular formula is C20H29N3O5S. The summed E-state index contributed by atoms with van der Waals surface area (Å²) in [6, 6.07) is 6.01. The molecule has 9 heteroatoms. The summed E-state index contributed by atoms with van der Waals surface area (Å²) >= 11 is 0. The highest BCUT2D eigenvalue weighted by Crippen LogP contribution is 2.33. The van der Waals surface area contributed by atoms with Crippen LogP contribution in [0.5, 0.6) is 11.5 Å². The van der Waals surface area contributed by atoms with E-state index in [1.807, 2.05) is 17.0 Å². The highest BCUT2D eigenvalue weighted by Gasteiger charge is 2.34. The second-order valence-corrected chi connectivity index (χ2v) is 10.1. The fourth-order valence-corrected chi connectivity index (χ4v) is 5.44. The van der Waals surface area contributed by atoms with Gasteiger partial charge in [0.2, 0.25) is 22.7 Å². The van der Waals surface area contributed by atoms with Crippen molar-refractivity contribution in [3.05, 3.63) is 23.8 Å². The maximum Gasteiger partial charge on any atom is 0.231 e. The van der Waals surface area contributed by atoms with Crippen LogP contribution in [0.2, 0.25) is 0 Å². The van der Waals surface area contributed by atoms with Gasteiger partial charge < -0.3 is 14.4 Å². The first-order chi connectivity index (χ1) is 14.0. The van der Waals surface area contributed by atoms with E-state index in [9.17, 15) is 13.2 Å². The predicted octanol–water partition coefficient (Wildman–Crippen LogP) is 1.12. The minimum atomic E-state index is -3.23. The fourth-order valence-electron chi connectivity index (χ4n) is 4.26. The van der Waals surface area contributed by atoms with Crippen molar-refractivity contribution >= 4 is 15.9 Å². The van der Waals surface area contributed by atoms with Crippen LogP contribution < -0.4 is 9.47 Å².